The normalized spacial score (nSPS) is 12.5. The molecule has 2 atom stereocenters. The Morgan fingerprint density at radius 3 is 0.845 bits per heavy atom. The molecule has 6 heteroatoms. The van der Waals surface area contributed by atoms with Gasteiger partial charge in [-0.25, -0.2) is 0 Å². The molecule has 0 aromatic carbocycles. The molecule has 0 aliphatic heterocycles. The van der Waals surface area contributed by atoms with Crippen molar-refractivity contribution in [2.24, 2.45) is 0 Å². The van der Waals surface area contributed by atoms with Crippen LogP contribution < -0.4 is 5.32 Å². The summed E-state index contributed by atoms with van der Waals surface area (Å²) < 4.78 is 5.51. The van der Waals surface area contributed by atoms with Crippen molar-refractivity contribution in [2.45, 2.75) is 463 Å². The molecule has 0 fully saturated rings. The lowest BCUT2D eigenvalue weighted by Crippen LogP contribution is -2.45. The lowest BCUT2D eigenvalue weighted by molar-refractivity contribution is -0.143. The molecule has 2 unspecified atom stereocenters. The number of unbranched alkanes of at least 4 members (excludes halogenated alkanes) is 61. The van der Waals surface area contributed by atoms with Crippen molar-refractivity contribution < 1.29 is 24.5 Å². The lowest BCUT2D eigenvalue weighted by Gasteiger charge is -2.22. The molecule has 0 spiro atoms. The number of ether oxygens (including phenoxy) is 1. The minimum atomic E-state index is -0.660. The van der Waals surface area contributed by atoms with Crippen LogP contribution in [-0.4, -0.2) is 47.4 Å². The van der Waals surface area contributed by atoms with Gasteiger partial charge in [-0.2, -0.15) is 0 Å². The number of hydrogen-bond acceptors (Lipinski definition) is 5. The van der Waals surface area contributed by atoms with Crippen molar-refractivity contribution in [3.05, 3.63) is 12.2 Å². The average Bonchev–Trinajstić information content (AvgIpc) is 3.51. The average molecular weight is 1190 g/mol. The van der Waals surface area contributed by atoms with E-state index in [9.17, 15) is 19.8 Å². The van der Waals surface area contributed by atoms with E-state index in [0.29, 0.717) is 25.9 Å². The summed E-state index contributed by atoms with van der Waals surface area (Å²) in [6.45, 7) is 5.00. The molecular weight excluding hydrogens is 1030 g/mol. The van der Waals surface area contributed by atoms with Gasteiger partial charge in [0.2, 0.25) is 5.91 Å². The number of hydrogen-bond donors (Lipinski definition) is 3. The third-order valence-corrected chi connectivity index (χ3v) is 18.6. The first-order chi connectivity index (χ1) is 41.5. The van der Waals surface area contributed by atoms with Crippen molar-refractivity contribution in [1.82, 2.24) is 5.32 Å². The first kappa shape index (κ1) is 82.6. The van der Waals surface area contributed by atoms with E-state index in [0.717, 1.165) is 38.5 Å². The van der Waals surface area contributed by atoms with E-state index in [2.05, 4.69) is 31.3 Å². The third-order valence-electron chi connectivity index (χ3n) is 18.6. The highest BCUT2D eigenvalue weighted by molar-refractivity contribution is 5.76. The summed E-state index contributed by atoms with van der Waals surface area (Å²) in [6, 6.07) is -0.537. The fourth-order valence-electron chi connectivity index (χ4n) is 12.6. The van der Waals surface area contributed by atoms with Gasteiger partial charge in [0.05, 0.1) is 25.4 Å². The van der Waals surface area contributed by atoms with Crippen LogP contribution in [0.4, 0.5) is 0 Å². The van der Waals surface area contributed by atoms with Crippen LogP contribution in [0.25, 0.3) is 0 Å². The minimum absolute atomic E-state index is 0.0260. The molecule has 0 bridgehead atoms. The monoisotopic (exact) mass is 1180 g/mol. The number of carbonyl (C=O) groups is 2. The number of esters is 1. The van der Waals surface area contributed by atoms with Gasteiger partial charge in [-0.3, -0.25) is 9.59 Å². The van der Waals surface area contributed by atoms with Gasteiger partial charge in [0.1, 0.15) is 0 Å². The van der Waals surface area contributed by atoms with Crippen molar-refractivity contribution in [3.8, 4) is 0 Å². The SMILES string of the molecule is CCCCCCCCCCCCCCCCCCC(=O)OCCCCCCCCCCCCCCCCCC/C=C\CCCCCCCCCCCCCCCCCCCC(=O)NC(CO)C(O)CCCCCCCCCCCCCCCC. The zero-order valence-corrected chi connectivity index (χ0v) is 57.4. The Hall–Kier alpha value is -1.40. The van der Waals surface area contributed by atoms with Crippen LogP contribution in [0.3, 0.4) is 0 Å². The van der Waals surface area contributed by atoms with E-state index in [1.807, 2.05) is 0 Å². The third kappa shape index (κ3) is 69.7. The highest BCUT2D eigenvalue weighted by atomic mass is 16.5. The van der Waals surface area contributed by atoms with Crippen molar-refractivity contribution >= 4 is 11.9 Å². The van der Waals surface area contributed by atoms with E-state index in [1.165, 1.54) is 379 Å². The second-order valence-corrected chi connectivity index (χ2v) is 27.0. The van der Waals surface area contributed by atoms with E-state index in [-0.39, 0.29) is 18.5 Å². The Balaban J connectivity index is 3.30. The molecule has 1 amide bonds. The molecule has 0 saturated heterocycles. The summed E-state index contributed by atoms with van der Waals surface area (Å²) >= 11 is 0. The highest BCUT2D eigenvalue weighted by Gasteiger charge is 2.20. The summed E-state index contributed by atoms with van der Waals surface area (Å²) in [5, 5.41) is 23.3. The molecule has 3 N–H and O–H groups in total. The number of aliphatic hydroxyl groups is 2. The van der Waals surface area contributed by atoms with Gasteiger partial charge in [-0.05, 0) is 51.4 Å². The molecule has 0 aliphatic rings. The Labute approximate surface area is 527 Å². The molecule has 0 rings (SSSR count). The van der Waals surface area contributed by atoms with Gasteiger partial charge in [-0.1, -0.05) is 398 Å². The van der Waals surface area contributed by atoms with Crippen LogP contribution in [0, 0.1) is 0 Å². The summed E-state index contributed by atoms with van der Waals surface area (Å²) in [5.74, 6) is -0.00161. The van der Waals surface area contributed by atoms with E-state index in [4.69, 9.17) is 4.74 Å². The molecule has 500 valence electrons. The molecular formula is C78H153NO5. The van der Waals surface area contributed by atoms with E-state index in [1.54, 1.807) is 0 Å². The molecule has 0 radical (unpaired) electrons. The Bertz CT molecular complexity index is 1270. The van der Waals surface area contributed by atoms with Crippen molar-refractivity contribution in [2.75, 3.05) is 13.2 Å². The number of amides is 1. The number of nitrogens with one attached hydrogen (secondary N) is 1. The lowest BCUT2D eigenvalue weighted by atomic mass is 10.0. The largest absolute Gasteiger partial charge is 0.466 e. The number of allylic oxidation sites excluding steroid dienone is 2. The van der Waals surface area contributed by atoms with Crippen LogP contribution in [-0.2, 0) is 14.3 Å². The maximum absolute atomic E-state index is 12.5. The highest BCUT2D eigenvalue weighted by Crippen LogP contribution is 2.20. The second kappa shape index (κ2) is 74.1. The zero-order valence-electron chi connectivity index (χ0n) is 57.4. The molecule has 84 heavy (non-hydrogen) atoms. The molecule has 0 aliphatic carbocycles. The summed E-state index contributed by atoms with van der Waals surface area (Å²) in [7, 11) is 0. The maximum atomic E-state index is 12.5. The Morgan fingerprint density at radius 2 is 0.560 bits per heavy atom. The number of rotatable bonds is 74. The topological polar surface area (TPSA) is 95.9 Å². The fourth-order valence-corrected chi connectivity index (χ4v) is 12.6. The van der Waals surface area contributed by atoms with Gasteiger partial charge >= 0.3 is 5.97 Å². The molecule has 6 nitrogen and oxygen atoms in total. The summed E-state index contributed by atoms with van der Waals surface area (Å²) in [6.07, 6.45) is 93.1. The number of aliphatic hydroxyl groups excluding tert-OH is 2. The first-order valence-corrected chi connectivity index (χ1v) is 38.9. The molecule has 0 saturated carbocycles. The first-order valence-electron chi connectivity index (χ1n) is 38.9. The predicted molar refractivity (Wildman–Crippen MR) is 370 cm³/mol. The zero-order chi connectivity index (χ0) is 60.6. The predicted octanol–water partition coefficient (Wildman–Crippen LogP) is 25.5. The van der Waals surface area contributed by atoms with Crippen LogP contribution in [0.15, 0.2) is 12.2 Å². The number of carbonyl (C=O) groups excluding carboxylic acids is 2. The van der Waals surface area contributed by atoms with E-state index >= 15 is 0 Å². The molecule has 0 heterocycles. The fraction of sp³-hybridized carbons (Fsp3) is 0.949. The standard InChI is InChI=1S/C78H153NO5/c1-3-5-7-9-11-13-15-17-19-44-48-52-56-60-64-68-72-78(83)84-73-69-65-61-57-53-49-45-42-40-38-36-34-32-30-28-26-24-22-20-21-23-25-27-29-31-33-35-37-39-41-43-47-51-55-59-63-67-71-77(82)79-75(74-80)76(81)70-66-62-58-54-50-46-18-16-14-12-10-8-6-4-2/h20,22,75-76,80-81H,3-19,21,23-74H2,1-2H3,(H,79,82)/b22-20-. The van der Waals surface area contributed by atoms with Gasteiger partial charge in [0.15, 0.2) is 0 Å². The van der Waals surface area contributed by atoms with Gasteiger partial charge in [-0.15, -0.1) is 0 Å². The summed E-state index contributed by atoms with van der Waals surface area (Å²) in [5.41, 5.74) is 0. The van der Waals surface area contributed by atoms with Crippen molar-refractivity contribution in [1.29, 1.82) is 0 Å². The Kier molecular flexibility index (Phi) is 72.8. The smallest absolute Gasteiger partial charge is 0.305 e. The summed E-state index contributed by atoms with van der Waals surface area (Å²) in [4.78, 5) is 24.6. The van der Waals surface area contributed by atoms with Crippen LogP contribution in [0.1, 0.15) is 450 Å². The Morgan fingerprint density at radius 1 is 0.321 bits per heavy atom. The van der Waals surface area contributed by atoms with Gasteiger partial charge < -0.3 is 20.3 Å². The molecule has 0 aromatic heterocycles. The van der Waals surface area contributed by atoms with Gasteiger partial charge in [0, 0.05) is 12.8 Å². The van der Waals surface area contributed by atoms with Crippen LogP contribution in [0.5, 0.6) is 0 Å². The van der Waals surface area contributed by atoms with E-state index < -0.39 is 12.1 Å². The molecule has 0 aromatic rings. The second-order valence-electron chi connectivity index (χ2n) is 27.0. The van der Waals surface area contributed by atoms with Crippen LogP contribution in [0.2, 0.25) is 0 Å². The maximum Gasteiger partial charge on any atom is 0.305 e. The van der Waals surface area contributed by atoms with Crippen LogP contribution >= 0.6 is 0 Å². The quantitative estimate of drug-likeness (QED) is 0.0320. The van der Waals surface area contributed by atoms with Gasteiger partial charge in [0.25, 0.3) is 0 Å². The minimum Gasteiger partial charge on any atom is -0.466 e. The van der Waals surface area contributed by atoms with Crippen molar-refractivity contribution in [3.63, 3.8) is 0 Å².